The van der Waals surface area contributed by atoms with Crippen molar-refractivity contribution in [1.82, 2.24) is 0 Å². The fraction of sp³-hybridized carbons (Fsp3) is 0.0714. The van der Waals surface area contributed by atoms with Gasteiger partial charge in [0.05, 0.1) is 16.8 Å². The molecule has 2 aromatic carbocycles. The van der Waals surface area contributed by atoms with Gasteiger partial charge in [-0.05, 0) is 31.2 Å². The molecule has 6 heteroatoms. The molecule has 0 saturated carbocycles. The van der Waals surface area contributed by atoms with Crippen molar-refractivity contribution in [2.45, 2.75) is 6.92 Å². The van der Waals surface area contributed by atoms with E-state index in [4.69, 9.17) is 11.6 Å². The van der Waals surface area contributed by atoms with Crippen molar-refractivity contribution in [3.05, 3.63) is 68.7 Å². The summed E-state index contributed by atoms with van der Waals surface area (Å²) in [5.41, 5.74) is 4.97. The molecule has 5 nitrogen and oxygen atoms in total. The van der Waals surface area contributed by atoms with Crippen LogP contribution in [-0.2, 0) is 0 Å². The second kappa shape index (κ2) is 6.16. The SMILES string of the molecule is Cc1ccc(C=NNc2ccc(Cl)cc2)cc1[N+](=O)[O-]. The Labute approximate surface area is 121 Å². The van der Waals surface area contributed by atoms with Gasteiger partial charge in [-0.15, -0.1) is 0 Å². The highest BCUT2D eigenvalue weighted by molar-refractivity contribution is 6.30. The maximum Gasteiger partial charge on any atom is 0.272 e. The molecule has 20 heavy (non-hydrogen) atoms. The van der Waals surface area contributed by atoms with Gasteiger partial charge >= 0.3 is 0 Å². The number of rotatable bonds is 4. The minimum Gasteiger partial charge on any atom is -0.279 e. The molecule has 0 aromatic heterocycles. The molecule has 0 amide bonds. The predicted molar refractivity (Wildman–Crippen MR) is 80.5 cm³/mol. The fourth-order valence-corrected chi connectivity index (χ4v) is 1.74. The van der Waals surface area contributed by atoms with Gasteiger partial charge in [0.25, 0.3) is 5.69 Å². The average Bonchev–Trinajstić information content (AvgIpc) is 2.42. The number of nitro groups is 1. The molecule has 0 aliphatic rings. The van der Waals surface area contributed by atoms with Gasteiger partial charge in [-0.2, -0.15) is 5.10 Å². The van der Waals surface area contributed by atoms with Crippen molar-refractivity contribution in [1.29, 1.82) is 0 Å². The van der Waals surface area contributed by atoms with Crippen molar-refractivity contribution < 1.29 is 4.92 Å². The molecule has 0 fully saturated rings. The highest BCUT2D eigenvalue weighted by Gasteiger charge is 2.09. The van der Waals surface area contributed by atoms with E-state index in [1.807, 2.05) is 0 Å². The first-order valence-electron chi connectivity index (χ1n) is 5.86. The summed E-state index contributed by atoms with van der Waals surface area (Å²) in [4.78, 5) is 10.4. The molecule has 0 aliphatic carbocycles. The van der Waals surface area contributed by atoms with Gasteiger partial charge in [0.1, 0.15) is 0 Å². The van der Waals surface area contributed by atoms with Crippen LogP contribution >= 0.6 is 11.6 Å². The molecular weight excluding hydrogens is 278 g/mol. The molecule has 2 aromatic rings. The smallest absolute Gasteiger partial charge is 0.272 e. The molecule has 0 bridgehead atoms. The Hall–Kier alpha value is -2.40. The molecule has 0 unspecified atom stereocenters. The van der Waals surface area contributed by atoms with Gasteiger partial charge in [-0.25, -0.2) is 0 Å². The first-order valence-corrected chi connectivity index (χ1v) is 6.24. The number of anilines is 1. The Balaban J connectivity index is 2.10. The molecule has 0 aliphatic heterocycles. The number of nitro benzene ring substituents is 1. The summed E-state index contributed by atoms with van der Waals surface area (Å²) in [5.74, 6) is 0. The third-order valence-electron chi connectivity index (χ3n) is 2.68. The Morgan fingerprint density at radius 2 is 1.95 bits per heavy atom. The molecule has 2 rings (SSSR count). The highest BCUT2D eigenvalue weighted by Crippen LogP contribution is 2.18. The first-order chi connectivity index (χ1) is 9.56. The molecular formula is C14H12ClN3O2. The highest BCUT2D eigenvalue weighted by atomic mass is 35.5. The van der Waals surface area contributed by atoms with E-state index in [0.717, 1.165) is 5.69 Å². The standard InChI is InChI=1S/C14H12ClN3O2/c1-10-2-3-11(8-14(10)18(19)20)9-16-17-13-6-4-12(15)5-7-13/h2-9,17H,1H3. The summed E-state index contributed by atoms with van der Waals surface area (Å²) in [6.45, 7) is 1.70. The van der Waals surface area contributed by atoms with Crippen LogP contribution in [0.5, 0.6) is 0 Å². The summed E-state index contributed by atoms with van der Waals surface area (Å²) in [6, 6.07) is 12.0. The molecule has 1 N–H and O–H groups in total. The van der Waals surface area contributed by atoms with E-state index in [1.54, 1.807) is 43.3 Å². The number of aryl methyl sites for hydroxylation is 1. The molecule has 0 heterocycles. The van der Waals surface area contributed by atoms with E-state index >= 15 is 0 Å². The predicted octanol–water partition coefficient (Wildman–Crippen LogP) is 4.00. The lowest BCUT2D eigenvalue weighted by Crippen LogP contribution is -1.95. The van der Waals surface area contributed by atoms with Crippen molar-refractivity contribution in [2.24, 2.45) is 5.10 Å². The molecule has 0 atom stereocenters. The minimum atomic E-state index is -0.403. The number of halogens is 1. The zero-order valence-electron chi connectivity index (χ0n) is 10.7. The quantitative estimate of drug-likeness (QED) is 0.525. The van der Waals surface area contributed by atoms with Crippen molar-refractivity contribution in [3.63, 3.8) is 0 Å². The number of hydrogen-bond acceptors (Lipinski definition) is 4. The second-order valence-corrected chi connectivity index (χ2v) is 4.62. The van der Waals surface area contributed by atoms with Gasteiger partial charge in [0.2, 0.25) is 0 Å². The Morgan fingerprint density at radius 3 is 2.60 bits per heavy atom. The van der Waals surface area contributed by atoms with Gasteiger partial charge < -0.3 is 0 Å². The summed E-state index contributed by atoms with van der Waals surface area (Å²) in [7, 11) is 0. The Kier molecular flexibility index (Phi) is 4.32. The third-order valence-corrected chi connectivity index (χ3v) is 2.93. The van der Waals surface area contributed by atoms with E-state index in [2.05, 4.69) is 10.5 Å². The summed E-state index contributed by atoms with van der Waals surface area (Å²) >= 11 is 5.77. The van der Waals surface area contributed by atoms with E-state index in [-0.39, 0.29) is 5.69 Å². The van der Waals surface area contributed by atoms with Gasteiger partial charge in [0.15, 0.2) is 0 Å². The minimum absolute atomic E-state index is 0.0837. The maximum absolute atomic E-state index is 10.8. The summed E-state index contributed by atoms with van der Waals surface area (Å²) in [6.07, 6.45) is 1.53. The molecule has 102 valence electrons. The maximum atomic E-state index is 10.8. The number of hydrazone groups is 1. The van der Waals surface area contributed by atoms with Crippen LogP contribution in [0.15, 0.2) is 47.6 Å². The van der Waals surface area contributed by atoms with Crippen molar-refractivity contribution in [3.8, 4) is 0 Å². The molecule has 0 radical (unpaired) electrons. The van der Waals surface area contributed by atoms with Crippen LogP contribution in [0.3, 0.4) is 0 Å². The zero-order valence-corrected chi connectivity index (χ0v) is 11.5. The van der Waals surface area contributed by atoms with Crippen molar-refractivity contribution >= 4 is 29.2 Å². The zero-order chi connectivity index (χ0) is 14.5. The second-order valence-electron chi connectivity index (χ2n) is 4.18. The van der Waals surface area contributed by atoms with Gasteiger partial charge in [-0.3, -0.25) is 15.5 Å². The lowest BCUT2D eigenvalue weighted by atomic mass is 10.1. The molecule has 0 spiro atoms. The van der Waals surface area contributed by atoms with Crippen LogP contribution in [0.1, 0.15) is 11.1 Å². The van der Waals surface area contributed by atoms with Crippen LogP contribution in [0.25, 0.3) is 0 Å². The lowest BCUT2D eigenvalue weighted by Gasteiger charge is -2.00. The van der Waals surface area contributed by atoms with Crippen LogP contribution in [-0.4, -0.2) is 11.1 Å². The van der Waals surface area contributed by atoms with Crippen molar-refractivity contribution in [2.75, 3.05) is 5.43 Å². The number of benzene rings is 2. The normalized spacial score (nSPS) is 10.7. The van der Waals surface area contributed by atoms with E-state index in [9.17, 15) is 10.1 Å². The van der Waals surface area contributed by atoms with Gasteiger partial charge in [0, 0.05) is 22.2 Å². The average molecular weight is 290 g/mol. The third kappa shape index (κ3) is 3.55. The van der Waals surface area contributed by atoms with Crippen LogP contribution < -0.4 is 5.43 Å². The fourth-order valence-electron chi connectivity index (χ4n) is 1.61. The lowest BCUT2D eigenvalue weighted by molar-refractivity contribution is -0.385. The largest absolute Gasteiger partial charge is 0.279 e. The van der Waals surface area contributed by atoms with E-state index < -0.39 is 4.92 Å². The topological polar surface area (TPSA) is 67.5 Å². The van der Waals surface area contributed by atoms with E-state index in [0.29, 0.717) is 16.1 Å². The van der Waals surface area contributed by atoms with Crippen LogP contribution in [0.2, 0.25) is 5.02 Å². The Bertz CT molecular complexity index is 654. The van der Waals surface area contributed by atoms with Crippen LogP contribution in [0.4, 0.5) is 11.4 Å². The summed E-state index contributed by atoms with van der Waals surface area (Å²) in [5, 5.41) is 15.5. The summed E-state index contributed by atoms with van der Waals surface area (Å²) < 4.78 is 0. The molecule has 0 saturated heterocycles. The number of nitrogens with one attached hydrogen (secondary N) is 1. The van der Waals surface area contributed by atoms with Gasteiger partial charge in [-0.1, -0.05) is 23.7 Å². The first kappa shape index (κ1) is 14.0. The van der Waals surface area contributed by atoms with E-state index in [1.165, 1.54) is 12.3 Å². The van der Waals surface area contributed by atoms with Crippen LogP contribution in [0, 0.1) is 17.0 Å². The monoisotopic (exact) mass is 289 g/mol. The number of nitrogens with zero attached hydrogens (tertiary/aromatic N) is 2. The Morgan fingerprint density at radius 1 is 1.25 bits per heavy atom. The number of hydrogen-bond donors (Lipinski definition) is 1.